The van der Waals surface area contributed by atoms with E-state index in [1.165, 1.54) is 24.8 Å². The van der Waals surface area contributed by atoms with Crippen LogP contribution in [0.25, 0.3) is 10.9 Å². The van der Waals surface area contributed by atoms with Gasteiger partial charge in [0.15, 0.2) is 0 Å². The summed E-state index contributed by atoms with van der Waals surface area (Å²) in [6, 6.07) is 11.8. The molecule has 2 aromatic carbocycles. The normalized spacial score (nSPS) is 12.4. The van der Waals surface area contributed by atoms with Gasteiger partial charge in [0.1, 0.15) is 5.75 Å². The van der Waals surface area contributed by atoms with E-state index in [1.54, 1.807) is 18.2 Å². The number of benzene rings is 2. The van der Waals surface area contributed by atoms with Gasteiger partial charge in [-0.15, -0.1) is 12.4 Å². The molecule has 5 rings (SSSR count). The lowest BCUT2D eigenvalue weighted by atomic mass is 10.1. The highest BCUT2D eigenvalue weighted by Gasteiger charge is 2.22. The summed E-state index contributed by atoms with van der Waals surface area (Å²) in [4.78, 5) is 46.5. The molecule has 0 radical (unpaired) electrons. The monoisotopic (exact) mass is 632 g/mol. The Morgan fingerprint density at radius 1 is 1.00 bits per heavy atom. The zero-order valence-corrected chi connectivity index (χ0v) is 25.3. The van der Waals surface area contributed by atoms with E-state index in [0.29, 0.717) is 55.1 Å². The highest BCUT2D eigenvalue weighted by atomic mass is 35.5. The number of carbonyl (C=O) groups excluding carboxylic acids is 2. The fourth-order valence-corrected chi connectivity index (χ4v) is 4.81. The summed E-state index contributed by atoms with van der Waals surface area (Å²) in [6.07, 6.45) is 4.79. The number of rotatable bonds is 11. The highest BCUT2D eigenvalue weighted by Crippen LogP contribution is 2.29. The average Bonchev–Trinajstić information content (AvgIpc) is 3.42. The Morgan fingerprint density at radius 3 is 2.39 bits per heavy atom. The zero-order valence-electron chi connectivity index (χ0n) is 24.5. The molecular weight excluding hydrogens is 588 g/mol. The number of carbonyl (C=O) groups is 2. The molecule has 2 aromatic heterocycles. The van der Waals surface area contributed by atoms with Crippen LogP contribution in [0.15, 0.2) is 48.7 Å². The molecule has 0 atom stereocenters. The summed E-state index contributed by atoms with van der Waals surface area (Å²) in [7, 11) is 0. The number of halogens is 1. The van der Waals surface area contributed by atoms with Crippen LogP contribution in [0.4, 0.5) is 29.2 Å². The molecule has 1 fully saturated rings. The number of anilines is 5. The first kappa shape index (κ1) is 35.7. The van der Waals surface area contributed by atoms with Gasteiger partial charge in [-0.05, 0) is 37.5 Å². The number of hydrogen-bond acceptors (Lipinski definition) is 13. The lowest BCUT2D eigenvalue weighted by Gasteiger charge is -2.28. The number of fused-ring (bicyclic) bond motifs is 1. The molecule has 14 N–H and O–H groups in total. The number of phenolic OH excluding ortho intramolecular Hbond substituents is 1. The number of para-hydroxylation sites is 1. The molecule has 0 aliphatic carbocycles. The second-order valence-corrected chi connectivity index (χ2v) is 9.76. The Labute approximate surface area is 264 Å². The number of ketones is 1. The van der Waals surface area contributed by atoms with Crippen molar-refractivity contribution in [3.63, 3.8) is 0 Å². The number of aromatic amines is 1. The standard InChI is InChI=1S/C28H34N10O3.ClH.2H3N.2H2/c29-10-14-38(15-11-30)28-35-26(34-27(36-28)37-12-4-1-5-13-37)32-18-8-9-22(23(39)16-18)33-25(41)24(40)20-17-31-21-7-3-2-6-19(20)21;;;;;/h2-3,6-9,16-17,31,39H,1,4-5,10-15,29-30H2,(H,33,41)(H,32,34,35,36);1H;2*1H3;2*1H. The quantitative estimate of drug-likeness (QED) is 0.0668. The van der Waals surface area contributed by atoms with Crippen molar-refractivity contribution in [3.8, 4) is 5.75 Å². The van der Waals surface area contributed by atoms with Crippen molar-refractivity contribution in [3.05, 3.63) is 54.2 Å². The van der Waals surface area contributed by atoms with Gasteiger partial charge in [-0.25, -0.2) is 0 Å². The minimum atomic E-state index is -0.862. The van der Waals surface area contributed by atoms with Gasteiger partial charge < -0.3 is 54.3 Å². The minimum Gasteiger partial charge on any atom is -0.506 e. The third kappa shape index (κ3) is 8.09. The van der Waals surface area contributed by atoms with E-state index in [2.05, 4.69) is 30.5 Å². The molecule has 44 heavy (non-hydrogen) atoms. The number of H-pyrrole nitrogens is 1. The fourth-order valence-electron chi connectivity index (χ4n) is 4.81. The van der Waals surface area contributed by atoms with Crippen LogP contribution in [0.3, 0.4) is 0 Å². The Kier molecular flexibility index (Phi) is 13.2. The molecule has 1 aliphatic rings. The number of amides is 1. The first-order valence-electron chi connectivity index (χ1n) is 13.6. The van der Waals surface area contributed by atoms with E-state index < -0.39 is 11.7 Å². The predicted molar refractivity (Wildman–Crippen MR) is 180 cm³/mol. The van der Waals surface area contributed by atoms with Crippen molar-refractivity contribution < 1.29 is 17.5 Å². The van der Waals surface area contributed by atoms with Crippen molar-refractivity contribution in [1.82, 2.24) is 32.2 Å². The third-order valence-corrected chi connectivity index (χ3v) is 6.87. The molecule has 15 nitrogen and oxygen atoms in total. The van der Waals surface area contributed by atoms with Gasteiger partial charge >= 0.3 is 0 Å². The molecule has 4 aromatic rings. The van der Waals surface area contributed by atoms with Crippen molar-refractivity contribution in [2.24, 2.45) is 11.5 Å². The van der Waals surface area contributed by atoms with Gasteiger partial charge in [0.05, 0.1) is 11.3 Å². The van der Waals surface area contributed by atoms with Crippen LogP contribution in [0, 0.1) is 0 Å². The number of nitrogens with two attached hydrogens (primary N) is 2. The lowest BCUT2D eigenvalue weighted by Crippen LogP contribution is -2.36. The van der Waals surface area contributed by atoms with Crippen LogP contribution in [-0.2, 0) is 4.79 Å². The Balaban J connectivity index is 0.00000405. The average molecular weight is 633 g/mol. The Morgan fingerprint density at radius 2 is 1.70 bits per heavy atom. The zero-order chi connectivity index (χ0) is 28.8. The van der Waals surface area contributed by atoms with E-state index in [1.807, 2.05) is 17.0 Å². The van der Waals surface area contributed by atoms with Crippen LogP contribution < -0.4 is 44.2 Å². The van der Waals surface area contributed by atoms with Crippen LogP contribution in [0.2, 0.25) is 0 Å². The van der Waals surface area contributed by atoms with Crippen molar-refractivity contribution >= 4 is 64.2 Å². The largest absolute Gasteiger partial charge is 0.506 e. The third-order valence-electron chi connectivity index (χ3n) is 6.87. The summed E-state index contributed by atoms with van der Waals surface area (Å²) in [5, 5.41) is 16.9. The Bertz CT molecular complexity index is 1550. The van der Waals surface area contributed by atoms with Crippen molar-refractivity contribution in [2.75, 3.05) is 59.7 Å². The van der Waals surface area contributed by atoms with Gasteiger partial charge in [-0.3, -0.25) is 9.59 Å². The van der Waals surface area contributed by atoms with Crippen molar-refractivity contribution in [2.45, 2.75) is 19.3 Å². The van der Waals surface area contributed by atoms with Gasteiger partial charge in [-0.1, -0.05) is 18.2 Å². The molecule has 16 heteroatoms. The first-order chi connectivity index (χ1) is 20.0. The number of nitrogens with one attached hydrogen (secondary N) is 3. The Hall–Kier alpha value is -4.54. The maximum Gasteiger partial charge on any atom is 0.296 e. The molecule has 0 saturated carbocycles. The summed E-state index contributed by atoms with van der Waals surface area (Å²) >= 11 is 0. The first-order valence-corrected chi connectivity index (χ1v) is 13.6. The van der Waals surface area contributed by atoms with E-state index >= 15 is 0 Å². The molecule has 1 saturated heterocycles. The smallest absolute Gasteiger partial charge is 0.296 e. The summed E-state index contributed by atoms with van der Waals surface area (Å²) in [6.45, 7) is 3.60. The lowest BCUT2D eigenvalue weighted by molar-refractivity contribution is -0.112. The summed E-state index contributed by atoms with van der Waals surface area (Å²) in [5.41, 5.74) is 13.2. The molecule has 3 heterocycles. The number of nitrogens with zero attached hydrogens (tertiary/aromatic N) is 5. The minimum absolute atomic E-state index is 0. The molecule has 1 amide bonds. The molecular formula is C28H45ClN12O3. The number of Topliss-reactive ketones (excluding diaryl/α,β-unsaturated/α-hetero) is 1. The van der Waals surface area contributed by atoms with E-state index in [4.69, 9.17) is 16.5 Å². The van der Waals surface area contributed by atoms with Gasteiger partial charge in [0.2, 0.25) is 17.8 Å². The van der Waals surface area contributed by atoms with Crippen LogP contribution in [-0.4, -0.2) is 76.0 Å². The van der Waals surface area contributed by atoms with Gasteiger partial charge in [0.25, 0.3) is 11.7 Å². The van der Waals surface area contributed by atoms with E-state index in [-0.39, 0.29) is 44.6 Å². The SMILES string of the molecule is Cl.N.N.NCCN(CCN)c1nc(Nc2ccc(NC(=O)C(=O)c3c[nH]c4ccccc34)c(O)c2)nc(N2CCCCC2)n1.[HH].[HH]. The molecule has 0 bridgehead atoms. The van der Waals surface area contributed by atoms with Crippen molar-refractivity contribution in [1.29, 1.82) is 0 Å². The molecule has 0 unspecified atom stereocenters. The number of phenols is 1. The van der Waals surface area contributed by atoms with Gasteiger partial charge in [-0.2, -0.15) is 15.0 Å². The number of piperidine rings is 1. The van der Waals surface area contributed by atoms with Crippen LogP contribution in [0.5, 0.6) is 5.75 Å². The summed E-state index contributed by atoms with van der Waals surface area (Å²) in [5.74, 6) is -0.498. The number of aromatic nitrogens is 4. The van der Waals surface area contributed by atoms with E-state index in [0.717, 1.165) is 31.4 Å². The highest BCUT2D eigenvalue weighted by molar-refractivity contribution is 6.48. The molecule has 1 aliphatic heterocycles. The summed E-state index contributed by atoms with van der Waals surface area (Å²) < 4.78 is 0. The number of hydrogen-bond donors (Lipinski definition) is 8. The maximum atomic E-state index is 12.8. The molecule has 0 spiro atoms. The van der Waals surface area contributed by atoms with Crippen LogP contribution in [0.1, 0.15) is 32.5 Å². The van der Waals surface area contributed by atoms with Gasteiger partial charge in [0, 0.05) is 71.0 Å². The molecule has 242 valence electrons. The van der Waals surface area contributed by atoms with Crippen LogP contribution >= 0.6 is 12.4 Å². The second-order valence-electron chi connectivity index (χ2n) is 9.76. The van der Waals surface area contributed by atoms with E-state index in [9.17, 15) is 14.7 Å². The number of aromatic hydroxyl groups is 1. The maximum absolute atomic E-state index is 12.8. The predicted octanol–water partition coefficient (Wildman–Crippen LogP) is 3.58. The second kappa shape index (κ2) is 16.3. The fraction of sp³-hybridized carbons (Fsp3) is 0.321. The topological polar surface area (TPSA) is 261 Å².